The van der Waals surface area contributed by atoms with Crippen LogP contribution in [0.5, 0.6) is 0 Å². The fourth-order valence-electron chi connectivity index (χ4n) is 3.40. The van der Waals surface area contributed by atoms with Crippen molar-refractivity contribution in [1.82, 2.24) is 15.5 Å². The maximum atomic E-state index is 12.6. The molecule has 0 bridgehead atoms. The van der Waals surface area contributed by atoms with Crippen molar-refractivity contribution in [3.8, 4) is 11.4 Å². The van der Waals surface area contributed by atoms with Gasteiger partial charge in [-0.05, 0) is 47.7 Å². The number of hydrogen-bond donors (Lipinski definition) is 2. The highest BCUT2D eigenvalue weighted by molar-refractivity contribution is 5.94. The Morgan fingerprint density at radius 1 is 1.29 bits per heavy atom. The van der Waals surface area contributed by atoms with Crippen LogP contribution in [0.1, 0.15) is 51.8 Å². The van der Waals surface area contributed by atoms with Gasteiger partial charge >= 0.3 is 6.43 Å². The number of carbonyl (C=O) groups is 1. The van der Waals surface area contributed by atoms with Gasteiger partial charge in [-0.15, -0.1) is 0 Å². The number of carbonyl (C=O) groups excluding carboxylic acids is 1. The Morgan fingerprint density at radius 3 is 2.89 bits per heavy atom. The summed E-state index contributed by atoms with van der Waals surface area (Å²) in [5.74, 6) is -0.797. The Kier molecular flexibility index (Phi) is 4.87. The van der Waals surface area contributed by atoms with Gasteiger partial charge in [0.2, 0.25) is 5.82 Å². The summed E-state index contributed by atoms with van der Waals surface area (Å²) in [6.07, 6.45) is -1.33. The molecule has 1 unspecified atom stereocenters. The van der Waals surface area contributed by atoms with Crippen LogP contribution in [0.25, 0.3) is 11.4 Å². The number of aliphatic hydroxyl groups excluding tert-OH is 1. The van der Waals surface area contributed by atoms with E-state index in [0.29, 0.717) is 16.7 Å². The van der Waals surface area contributed by atoms with E-state index in [2.05, 4.69) is 20.0 Å². The number of fused-ring (bicyclic) bond motifs is 1. The predicted octanol–water partition coefficient (Wildman–Crippen LogP) is 3.58. The molecule has 1 aliphatic rings. The number of alkyl halides is 2. The number of aryl methyl sites for hydroxylation is 1. The number of hydrogen-bond acceptors (Lipinski definition) is 5. The molecule has 144 valence electrons. The minimum Gasteiger partial charge on any atom is -0.392 e. The van der Waals surface area contributed by atoms with Crippen LogP contribution in [0, 0.1) is 0 Å². The van der Waals surface area contributed by atoms with Crippen molar-refractivity contribution < 1.29 is 23.2 Å². The molecule has 3 aromatic rings. The number of aliphatic hydroxyl groups is 1. The third-order valence-corrected chi connectivity index (χ3v) is 4.78. The Balaban J connectivity index is 1.52. The molecular formula is C20H17F2N3O3. The molecular weight excluding hydrogens is 368 g/mol. The smallest absolute Gasteiger partial charge is 0.315 e. The number of nitrogens with one attached hydrogen (secondary N) is 1. The number of halogens is 2. The molecule has 2 aromatic carbocycles. The first-order valence-electron chi connectivity index (χ1n) is 8.81. The van der Waals surface area contributed by atoms with E-state index in [4.69, 9.17) is 0 Å². The topological polar surface area (TPSA) is 88.3 Å². The van der Waals surface area contributed by atoms with E-state index in [1.54, 1.807) is 30.3 Å². The Hall–Kier alpha value is -3.13. The van der Waals surface area contributed by atoms with Crippen LogP contribution in [0.2, 0.25) is 0 Å². The van der Waals surface area contributed by atoms with Crippen LogP contribution >= 0.6 is 0 Å². The summed E-state index contributed by atoms with van der Waals surface area (Å²) in [7, 11) is 0. The molecule has 0 fully saturated rings. The molecule has 1 heterocycles. The number of aromatic nitrogens is 2. The molecule has 0 saturated heterocycles. The quantitative estimate of drug-likeness (QED) is 0.701. The van der Waals surface area contributed by atoms with Gasteiger partial charge in [0, 0.05) is 11.1 Å². The van der Waals surface area contributed by atoms with Crippen LogP contribution in [-0.2, 0) is 13.0 Å². The van der Waals surface area contributed by atoms with Gasteiger partial charge in [0.05, 0.1) is 12.6 Å². The molecule has 6 nitrogen and oxygen atoms in total. The standard InChI is InChI=1S/C20H17F2N3O3/c21-17(22)20-24-18(25-28-20)13-4-6-15-12(9-13)5-7-16(15)23-19(27)14-3-1-2-11(8-14)10-26/h1-4,6,8-9,16-17,26H,5,7,10H2,(H,23,27). The molecule has 1 aromatic heterocycles. The van der Waals surface area contributed by atoms with Gasteiger partial charge in [-0.1, -0.05) is 29.4 Å². The SMILES string of the molecule is O=C(NC1CCc2cc(-c3noc(C(F)F)n3)ccc21)c1cccc(CO)c1. The van der Waals surface area contributed by atoms with Gasteiger partial charge in [0.15, 0.2) is 0 Å². The molecule has 0 spiro atoms. The highest BCUT2D eigenvalue weighted by atomic mass is 19.3. The molecule has 1 aliphatic carbocycles. The maximum absolute atomic E-state index is 12.6. The van der Waals surface area contributed by atoms with Crippen LogP contribution in [0.4, 0.5) is 8.78 Å². The first kappa shape index (κ1) is 18.2. The summed E-state index contributed by atoms with van der Waals surface area (Å²) < 4.78 is 29.8. The van der Waals surface area contributed by atoms with E-state index in [9.17, 15) is 18.7 Å². The van der Waals surface area contributed by atoms with E-state index in [1.807, 2.05) is 12.1 Å². The normalized spacial score (nSPS) is 15.6. The number of amides is 1. The summed E-state index contributed by atoms with van der Waals surface area (Å²) in [5.41, 5.74) is 3.75. The van der Waals surface area contributed by atoms with Gasteiger partial charge < -0.3 is 14.9 Å². The third-order valence-electron chi connectivity index (χ3n) is 4.78. The van der Waals surface area contributed by atoms with Gasteiger partial charge in [0.25, 0.3) is 11.8 Å². The Morgan fingerprint density at radius 2 is 2.14 bits per heavy atom. The molecule has 0 aliphatic heterocycles. The fourth-order valence-corrected chi connectivity index (χ4v) is 3.40. The molecule has 0 saturated carbocycles. The van der Waals surface area contributed by atoms with Crippen LogP contribution in [0.15, 0.2) is 47.0 Å². The lowest BCUT2D eigenvalue weighted by Gasteiger charge is -2.15. The summed E-state index contributed by atoms with van der Waals surface area (Å²) in [5, 5.41) is 15.8. The highest BCUT2D eigenvalue weighted by Crippen LogP contribution is 2.34. The third kappa shape index (κ3) is 3.50. The van der Waals surface area contributed by atoms with Crippen molar-refractivity contribution in [2.45, 2.75) is 31.9 Å². The monoisotopic (exact) mass is 385 g/mol. The van der Waals surface area contributed by atoms with E-state index in [-0.39, 0.29) is 24.4 Å². The highest BCUT2D eigenvalue weighted by Gasteiger charge is 2.26. The molecule has 2 N–H and O–H groups in total. The number of benzene rings is 2. The first-order chi connectivity index (χ1) is 13.5. The lowest BCUT2D eigenvalue weighted by molar-refractivity contribution is 0.0936. The van der Waals surface area contributed by atoms with E-state index in [1.165, 1.54) is 0 Å². The minimum absolute atomic E-state index is 0.117. The Bertz CT molecular complexity index is 1020. The van der Waals surface area contributed by atoms with Crippen LogP contribution in [0.3, 0.4) is 0 Å². The lowest BCUT2D eigenvalue weighted by atomic mass is 10.0. The van der Waals surface area contributed by atoms with Crippen molar-refractivity contribution in [2.24, 2.45) is 0 Å². The van der Waals surface area contributed by atoms with Crippen molar-refractivity contribution in [1.29, 1.82) is 0 Å². The van der Waals surface area contributed by atoms with Crippen molar-refractivity contribution >= 4 is 5.91 Å². The summed E-state index contributed by atoms with van der Waals surface area (Å²) in [6.45, 7) is -0.125. The van der Waals surface area contributed by atoms with Gasteiger partial charge in [0.1, 0.15) is 0 Å². The summed E-state index contributed by atoms with van der Waals surface area (Å²) in [6, 6.07) is 12.1. The second kappa shape index (κ2) is 7.47. The zero-order chi connectivity index (χ0) is 19.7. The van der Waals surface area contributed by atoms with Crippen molar-refractivity contribution in [3.05, 3.63) is 70.6 Å². The molecule has 4 rings (SSSR count). The van der Waals surface area contributed by atoms with Crippen LogP contribution < -0.4 is 5.32 Å². The molecule has 1 atom stereocenters. The number of rotatable bonds is 5. The predicted molar refractivity (Wildman–Crippen MR) is 95.6 cm³/mol. The van der Waals surface area contributed by atoms with E-state index in [0.717, 1.165) is 24.0 Å². The molecule has 8 heteroatoms. The zero-order valence-electron chi connectivity index (χ0n) is 14.7. The van der Waals surface area contributed by atoms with Crippen molar-refractivity contribution in [3.63, 3.8) is 0 Å². The maximum Gasteiger partial charge on any atom is 0.315 e. The minimum atomic E-state index is -2.81. The van der Waals surface area contributed by atoms with Gasteiger partial charge in [-0.2, -0.15) is 13.8 Å². The van der Waals surface area contributed by atoms with E-state index < -0.39 is 12.3 Å². The van der Waals surface area contributed by atoms with Crippen molar-refractivity contribution in [2.75, 3.05) is 0 Å². The zero-order valence-corrected chi connectivity index (χ0v) is 14.7. The lowest BCUT2D eigenvalue weighted by Crippen LogP contribution is -2.27. The van der Waals surface area contributed by atoms with Crippen LogP contribution in [-0.4, -0.2) is 21.2 Å². The van der Waals surface area contributed by atoms with Gasteiger partial charge in [-0.3, -0.25) is 4.79 Å². The molecule has 1 amide bonds. The molecule has 0 radical (unpaired) electrons. The average molecular weight is 385 g/mol. The Labute approximate surface area is 159 Å². The second-order valence-electron chi connectivity index (χ2n) is 6.59. The second-order valence-corrected chi connectivity index (χ2v) is 6.59. The molecule has 28 heavy (non-hydrogen) atoms. The van der Waals surface area contributed by atoms with Gasteiger partial charge in [-0.25, -0.2) is 0 Å². The fraction of sp³-hybridized carbons (Fsp3) is 0.250. The largest absolute Gasteiger partial charge is 0.392 e. The summed E-state index contributed by atoms with van der Waals surface area (Å²) in [4.78, 5) is 16.2. The first-order valence-corrected chi connectivity index (χ1v) is 8.81. The summed E-state index contributed by atoms with van der Waals surface area (Å²) >= 11 is 0. The number of nitrogens with zero attached hydrogens (tertiary/aromatic N) is 2. The van der Waals surface area contributed by atoms with E-state index >= 15 is 0 Å². The average Bonchev–Trinajstić information content (AvgIpc) is 3.35.